The van der Waals surface area contributed by atoms with Gasteiger partial charge in [-0.05, 0) is 30.9 Å². The van der Waals surface area contributed by atoms with Crippen LogP contribution in [0.3, 0.4) is 0 Å². The molecule has 0 spiro atoms. The van der Waals surface area contributed by atoms with Gasteiger partial charge in [-0.15, -0.1) is 0 Å². The number of nitrogens with zero attached hydrogens (tertiary/aromatic N) is 4. The first-order valence-corrected chi connectivity index (χ1v) is 15.6. The van der Waals surface area contributed by atoms with E-state index in [1.165, 1.54) is 22.9 Å². The van der Waals surface area contributed by atoms with E-state index < -0.39 is 0 Å². The molecule has 3 amide bonds. The first-order chi connectivity index (χ1) is 19.9. The van der Waals surface area contributed by atoms with Crippen LogP contribution in [0.5, 0.6) is 0 Å². The smallest absolute Gasteiger partial charge is 0.317 e. The number of halogens is 1. The largest absolute Gasteiger partial charge is 0.355 e. The summed E-state index contributed by atoms with van der Waals surface area (Å²) in [6.07, 6.45) is 2.81. The molecule has 41 heavy (non-hydrogen) atoms. The lowest BCUT2D eigenvalue weighted by atomic mass is 9.88. The number of unbranched alkanes of at least 4 members (excludes halogenated alkanes) is 1. The van der Waals surface area contributed by atoms with E-state index in [4.69, 9.17) is 11.6 Å². The highest BCUT2D eigenvalue weighted by Gasteiger charge is 2.28. The zero-order valence-corrected chi connectivity index (χ0v) is 25.3. The van der Waals surface area contributed by atoms with Crippen molar-refractivity contribution in [2.75, 3.05) is 43.4 Å². The van der Waals surface area contributed by atoms with Gasteiger partial charge in [0.15, 0.2) is 5.16 Å². The molecule has 1 unspecified atom stereocenters. The fourth-order valence-electron chi connectivity index (χ4n) is 4.99. The lowest BCUT2D eigenvalue weighted by Gasteiger charge is -2.40. The predicted octanol–water partition coefficient (Wildman–Crippen LogP) is 5.58. The molecule has 10 heteroatoms. The van der Waals surface area contributed by atoms with Crippen molar-refractivity contribution in [3.63, 3.8) is 0 Å². The van der Waals surface area contributed by atoms with Gasteiger partial charge in [-0.2, -0.15) is 0 Å². The van der Waals surface area contributed by atoms with E-state index in [0.717, 1.165) is 19.3 Å². The summed E-state index contributed by atoms with van der Waals surface area (Å²) in [6.45, 7) is 7.28. The molecule has 1 aromatic heterocycles. The van der Waals surface area contributed by atoms with Crippen molar-refractivity contribution in [1.82, 2.24) is 25.5 Å². The number of rotatable bonds is 12. The molecule has 2 heterocycles. The Bertz CT molecular complexity index is 1230. The Balaban J connectivity index is 1.28. The number of thioether (sulfide) groups is 1. The summed E-state index contributed by atoms with van der Waals surface area (Å²) < 4.78 is 0. The van der Waals surface area contributed by atoms with Crippen molar-refractivity contribution < 1.29 is 9.59 Å². The lowest BCUT2D eigenvalue weighted by Crippen LogP contribution is -2.56. The maximum absolute atomic E-state index is 12.7. The SMILES string of the molecule is CCCCNC(=O)N1CCN(c2cc(Cl)nc(SCC(=O)NCCC(c3ccccc3)c3ccccc3)n2)CC1C. The number of hydrogen-bond acceptors (Lipinski definition) is 6. The number of anilines is 1. The fourth-order valence-corrected chi connectivity index (χ4v) is 5.90. The number of piperazine rings is 1. The van der Waals surface area contributed by atoms with Crippen LogP contribution in [0.1, 0.15) is 50.2 Å². The van der Waals surface area contributed by atoms with Crippen LogP contribution in [0.2, 0.25) is 5.15 Å². The van der Waals surface area contributed by atoms with Crippen LogP contribution in [-0.4, -0.2) is 71.3 Å². The number of nitrogens with one attached hydrogen (secondary N) is 2. The molecular formula is C31H39ClN6O2S. The van der Waals surface area contributed by atoms with Crippen LogP contribution in [0.4, 0.5) is 10.6 Å². The van der Waals surface area contributed by atoms with Gasteiger partial charge in [0.25, 0.3) is 0 Å². The summed E-state index contributed by atoms with van der Waals surface area (Å²) in [4.78, 5) is 38.2. The van der Waals surface area contributed by atoms with Gasteiger partial charge in [-0.1, -0.05) is 97.4 Å². The average Bonchev–Trinajstić information content (AvgIpc) is 2.99. The zero-order chi connectivity index (χ0) is 29.0. The molecular weight excluding hydrogens is 556 g/mol. The molecule has 0 radical (unpaired) electrons. The average molecular weight is 595 g/mol. The first kappa shape index (κ1) is 30.7. The second kappa shape index (κ2) is 15.6. The summed E-state index contributed by atoms with van der Waals surface area (Å²) in [5, 5.41) is 6.85. The maximum atomic E-state index is 12.7. The highest BCUT2D eigenvalue weighted by molar-refractivity contribution is 7.99. The molecule has 1 fully saturated rings. The van der Waals surface area contributed by atoms with Crippen molar-refractivity contribution in [3.8, 4) is 0 Å². The van der Waals surface area contributed by atoms with Gasteiger partial charge in [-0.3, -0.25) is 4.79 Å². The molecule has 1 aliphatic heterocycles. The molecule has 2 aromatic carbocycles. The van der Waals surface area contributed by atoms with Crippen LogP contribution < -0.4 is 15.5 Å². The van der Waals surface area contributed by atoms with E-state index >= 15 is 0 Å². The molecule has 1 aliphatic rings. The molecule has 8 nitrogen and oxygen atoms in total. The van der Waals surface area contributed by atoms with Gasteiger partial charge in [-0.25, -0.2) is 14.8 Å². The molecule has 1 saturated heterocycles. The fraction of sp³-hybridized carbons (Fsp3) is 0.419. The Labute approximate surface area is 252 Å². The Morgan fingerprint density at radius 3 is 2.32 bits per heavy atom. The highest BCUT2D eigenvalue weighted by Crippen LogP contribution is 2.28. The van der Waals surface area contributed by atoms with Gasteiger partial charge in [0.05, 0.1) is 5.75 Å². The molecule has 4 rings (SSSR count). The second-order valence-electron chi connectivity index (χ2n) is 10.2. The number of urea groups is 1. The Hall–Kier alpha value is -3.30. The van der Waals surface area contributed by atoms with Crippen LogP contribution in [0.15, 0.2) is 71.9 Å². The van der Waals surface area contributed by atoms with Gasteiger partial charge in [0.1, 0.15) is 11.0 Å². The van der Waals surface area contributed by atoms with E-state index in [-0.39, 0.29) is 29.7 Å². The number of aromatic nitrogens is 2. The van der Waals surface area contributed by atoms with Crippen molar-refractivity contribution in [3.05, 3.63) is 83.0 Å². The third kappa shape index (κ3) is 9.10. The third-order valence-corrected chi connectivity index (χ3v) is 8.21. The van der Waals surface area contributed by atoms with E-state index in [1.807, 2.05) is 48.2 Å². The molecule has 0 bridgehead atoms. The maximum Gasteiger partial charge on any atom is 0.317 e. The van der Waals surface area contributed by atoms with Gasteiger partial charge < -0.3 is 20.4 Å². The Morgan fingerprint density at radius 2 is 1.68 bits per heavy atom. The lowest BCUT2D eigenvalue weighted by molar-refractivity contribution is -0.118. The summed E-state index contributed by atoms with van der Waals surface area (Å²) in [6, 6.07) is 22.5. The van der Waals surface area contributed by atoms with Gasteiger partial charge >= 0.3 is 6.03 Å². The topological polar surface area (TPSA) is 90.5 Å². The Kier molecular flexibility index (Phi) is 11.7. The minimum absolute atomic E-state index is 0.0209. The zero-order valence-electron chi connectivity index (χ0n) is 23.8. The first-order valence-electron chi connectivity index (χ1n) is 14.3. The monoisotopic (exact) mass is 594 g/mol. The number of benzene rings is 2. The van der Waals surface area contributed by atoms with Crippen LogP contribution in [0, 0.1) is 0 Å². The molecule has 2 N–H and O–H groups in total. The normalized spacial score (nSPS) is 15.2. The predicted molar refractivity (Wildman–Crippen MR) is 167 cm³/mol. The summed E-state index contributed by atoms with van der Waals surface area (Å²) in [5.41, 5.74) is 2.46. The van der Waals surface area contributed by atoms with Crippen molar-refractivity contribution in [1.29, 1.82) is 0 Å². The minimum Gasteiger partial charge on any atom is -0.355 e. The van der Waals surface area contributed by atoms with Crippen molar-refractivity contribution in [2.45, 2.75) is 50.2 Å². The van der Waals surface area contributed by atoms with Crippen LogP contribution in [0.25, 0.3) is 0 Å². The molecule has 0 saturated carbocycles. The standard InChI is InChI=1S/C31H39ClN6O2S/c1-3-4-16-34-31(40)38-19-18-37(21-23(38)2)28-20-27(32)35-30(36-28)41-22-29(39)33-17-15-26(24-11-7-5-8-12-24)25-13-9-6-10-14-25/h5-14,20,23,26H,3-4,15-19,21-22H2,1-2H3,(H,33,39)(H,34,40). The molecule has 1 atom stereocenters. The van der Waals surface area contributed by atoms with E-state index in [0.29, 0.717) is 48.9 Å². The quantitative estimate of drug-likeness (QED) is 0.123. The van der Waals surface area contributed by atoms with E-state index in [2.05, 4.69) is 56.7 Å². The molecule has 3 aromatic rings. The summed E-state index contributed by atoms with van der Waals surface area (Å²) in [5.74, 6) is 1.04. The van der Waals surface area contributed by atoms with Crippen LogP contribution >= 0.6 is 23.4 Å². The van der Waals surface area contributed by atoms with Crippen molar-refractivity contribution >= 4 is 41.1 Å². The van der Waals surface area contributed by atoms with E-state index in [9.17, 15) is 9.59 Å². The van der Waals surface area contributed by atoms with Gasteiger partial charge in [0.2, 0.25) is 5.91 Å². The van der Waals surface area contributed by atoms with Crippen LogP contribution in [-0.2, 0) is 4.79 Å². The van der Waals surface area contributed by atoms with Gasteiger partial charge in [0, 0.05) is 50.7 Å². The third-order valence-electron chi connectivity index (χ3n) is 7.17. The van der Waals surface area contributed by atoms with Crippen molar-refractivity contribution in [2.24, 2.45) is 0 Å². The summed E-state index contributed by atoms with van der Waals surface area (Å²) >= 11 is 7.61. The number of hydrogen-bond donors (Lipinski definition) is 2. The highest BCUT2D eigenvalue weighted by atomic mass is 35.5. The summed E-state index contributed by atoms with van der Waals surface area (Å²) in [7, 11) is 0. The number of carbonyl (C=O) groups excluding carboxylic acids is 2. The Morgan fingerprint density at radius 1 is 1.00 bits per heavy atom. The molecule has 218 valence electrons. The second-order valence-corrected chi connectivity index (χ2v) is 11.5. The molecule has 0 aliphatic carbocycles. The van der Waals surface area contributed by atoms with E-state index in [1.54, 1.807) is 6.07 Å². The number of amides is 3. The number of carbonyl (C=O) groups is 2. The minimum atomic E-state index is -0.0729.